The molecule has 1 aliphatic rings. The van der Waals surface area contributed by atoms with Gasteiger partial charge in [-0.15, -0.1) is 0 Å². The molecule has 0 spiro atoms. The van der Waals surface area contributed by atoms with Gasteiger partial charge in [0.15, 0.2) is 5.82 Å². The second kappa shape index (κ2) is 5.72. The molecule has 19 heavy (non-hydrogen) atoms. The topological polar surface area (TPSA) is 76.2 Å². The first-order chi connectivity index (χ1) is 8.96. The second-order valence-electron chi connectivity index (χ2n) is 6.23. The van der Waals surface area contributed by atoms with Crippen molar-refractivity contribution in [2.75, 3.05) is 0 Å². The maximum atomic E-state index is 10.4. The summed E-state index contributed by atoms with van der Waals surface area (Å²) in [7, 11) is 0. The molecule has 1 N–H and O–H groups in total. The van der Waals surface area contributed by atoms with E-state index >= 15 is 0 Å². The molecule has 0 amide bonds. The van der Waals surface area contributed by atoms with E-state index in [1.807, 2.05) is 0 Å². The molecule has 5 heteroatoms. The quantitative estimate of drug-likeness (QED) is 0.885. The molecule has 0 unspecified atom stereocenters. The van der Waals surface area contributed by atoms with E-state index in [4.69, 9.17) is 9.63 Å². The normalized spacial score (nSPS) is 19.5. The van der Waals surface area contributed by atoms with Gasteiger partial charge in [-0.05, 0) is 37.5 Å². The van der Waals surface area contributed by atoms with Crippen LogP contribution in [0.4, 0.5) is 0 Å². The maximum absolute atomic E-state index is 10.4. The van der Waals surface area contributed by atoms with E-state index in [0.29, 0.717) is 30.1 Å². The summed E-state index contributed by atoms with van der Waals surface area (Å²) in [6.45, 7) is 4.60. The van der Waals surface area contributed by atoms with E-state index in [1.54, 1.807) is 0 Å². The zero-order valence-electron chi connectivity index (χ0n) is 11.7. The van der Waals surface area contributed by atoms with E-state index in [9.17, 15) is 4.79 Å². The van der Waals surface area contributed by atoms with Gasteiger partial charge in [-0.3, -0.25) is 4.79 Å². The number of aliphatic carboxylic acids is 1. The summed E-state index contributed by atoms with van der Waals surface area (Å²) in [5.74, 6) is 1.00. The van der Waals surface area contributed by atoms with Crippen LogP contribution in [0.5, 0.6) is 0 Å². The molecule has 1 aromatic rings. The highest BCUT2D eigenvalue weighted by Crippen LogP contribution is 2.41. The Morgan fingerprint density at radius 2 is 2.11 bits per heavy atom. The predicted octanol–water partition coefficient (Wildman–Crippen LogP) is 3.16. The van der Waals surface area contributed by atoms with Crippen LogP contribution in [0.2, 0.25) is 0 Å². The van der Waals surface area contributed by atoms with Gasteiger partial charge in [-0.2, -0.15) is 4.98 Å². The van der Waals surface area contributed by atoms with Gasteiger partial charge in [-0.1, -0.05) is 19.0 Å². The van der Waals surface area contributed by atoms with Gasteiger partial charge in [0.2, 0.25) is 5.89 Å². The molecule has 0 saturated heterocycles. The number of nitrogens with zero attached hydrogens (tertiary/aromatic N) is 2. The van der Waals surface area contributed by atoms with Crippen LogP contribution >= 0.6 is 0 Å². The van der Waals surface area contributed by atoms with Crippen LogP contribution in [0.1, 0.15) is 70.0 Å². The maximum Gasteiger partial charge on any atom is 0.303 e. The molecule has 1 aliphatic carbocycles. The Morgan fingerprint density at radius 1 is 1.42 bits per heavy atom. The van der Waals surface area contributed by atoms with Crippen LogP contribution in [0.3, 0.4) is 0 Å². The lowest BCUT2D eigenvalue weighted by Crippen LogP contribution is -2.20. The minimum atomic E-state index is -0.783. The molecule has 2 rings (SSSR count). The first kappa shape index (κ1) is 14.0. The van der Waals surface area contributed by atoms with Crippen LogP contribution in [0.15, 0.2) is 4.52 Å². The highest BCUT2D eigenvalue weighted by molar-refractivity contribution is 5.66. The molecular formula is C14H22N2O3. The molecule has 1 fully saturated rings. The summed E-state index contributed by atoms with van der Waals surface area (Å²) in [5.41, 5.74) is 0.435. The molecule has 1 saturated carbocycles. The van der Waals surface area contributed by atoms with Gasteiger partial charge in [0, 0.05) is 18.8 Å². The zero-order chi connectivity index (χ0) is 13.9. The fourth-order valence-corrected chi connectivity index (χ4v) is 2.58. The fraction of sp³-hybridized carbons (Fsp3) is 0.786. The Balaban J connectivity index is 1.85. The van der Waals surface area contributed by atoms with E-state index in [-0.39, 0.29) is 6.42 Å². The third-order valence-corrected chi connectivity index (χ3v) is 3.97. The van der Waals surface area contributed by atoms with Gasteiger partial charge < -0.3 is 9.63 Å². The van der Waals surface area contributed by atoms with Crippen molar-refractivity contribution in [2.45, 2.75) is 64.7 Å². The van der Waals surface area contributed by atoms with Crippen LogP contribution in [0, 0.1) is 5.41 Å². The number of rotatable bonds is 5. The van der Waals surface area contributed by atoms with Crippen molar-refractivity contribution in [1.29, 1.82) is 0 Å². The van der Waals surface area contributed by atoms with Crippen molar-refractivity contribution in [3.63, 3.8) is 0 Å². The number of aryl methyl sites for hydroxylation is 1. The molecule has 5 nitrogen and oxygen atoms in total. The largest absolute Gasteiger partial charge is 0.481 e. The SMILES string of the molecule is CC1(C)CCC(c2noc(CCCC(=O)O)n2)CC1. The number of carbonyl (C=O) groups is 1. The van der Waals surface area contributed by atoms with Crippen molar-refractivity contribution in [3.05, 3.63) is 11.7 Å². The highest BCUT2D eigenvalue weighted by atomic mass is 16.5. The van der Waals surface area contributed by atoms with Crippen molar-refractivity contribution in [3.8, 4) is 0 Å². The van der Waals surface area contributed by atoms with E-state index in [1.165, 1.54) is 12.8 Å². The zero-order valence-corrected chi connectivity index (χ0v) is 11.7. The lowest BCUT2D eigenvalue weighted by atomic mass is 9.73. The van der Waals surface area contributed by atoms with E-state index in [0.717, 1.165) is 18.7 Å². The highest BCUT2D eigenvalue weighted by Gasteiger charge is 2.30. The molecule has 0 bridgehead atoms. The Hall–Kier alpha value is -1.39. The lowest BCUT2D eigenvalue weighted by molar-refractivity contribution is -0.137. The van der Waals surface area contributed by atoms with Gasteiger partial charge >= 0.3 is 5.97 Å². The minimum absolute atomic E-state index is 0.148. The van der Waals surface area contributed by atoms with Gasteiger partial charge in [-0.25, -0.2) is 0 Å². The van der Waals surface area contributed by atoms with Crippen LogP contribution in [-0.4, -0.2) is 21.2 Å². The molecule has 0 aromatic carbocycles. The average Bonchev–Trinajstić information content (AvgIpc) is 2.77. The molecule has 0 aliphatic heterocycles. The average molecular weight is 266 g/mol. The Morgan fingerprint density at radius 3 is 2.74 bits per heavy atom. The van der Waals surface area contributed by atoms with Crippen molar-refractivity contribution >= 4 is 5.97 Å². The number of aromatic nitrogens is 2. The lowest BCUT2D eigenvalue weighted by Gasteiger charge is -2.32. The molecule has 1 heterocycles. The van der Waals surface area contributed by atoms with Crippen LogP contribution in [0.25, 0.3) is 0 Å². The Labute approximate surface area is 113 Å². The predicted molar refractivity (Wildman–Crippen MR) is 69.9 cm³/mol. The second-order valence-corrected chi connectivity index (χ2v) is 6.23. The summed E-state index contributed by atoms with van der Waals surface area (Å²) in [6.07, 6.45) is 5.87. The standard InChI is InChI=1S/C14H22N2O3/c1-14(2)8-6-10(7-9-14)13-15-11(19-16-13)4-3-5-12(17)18/h10H,3-9H2,1-2H3,(H,17,18). The Kier molecular flexibility index (Phi) is 4.22. The van der Waals surface area contributed by atoms with Crippen molar-refractivity contribution < 1.29 is 14.4 Å². The third kappa shape index (κ3) is 4.04. The molecule has 0 radical (unpaired) electrons. The fourth-order valence-electron chi connectivity index (χ4n) is 2.58. The van der Waals surface area contributed by atoms with Gasteiger partial charge in [0.1, 0.15) is 0 Å². The monoisotopic (exact) mass is 266 g/mol. The van der Waals surface area contributed by atoms with Crippen LogP contribution in [-0.2, 0) is 11.2 Å². The molecular weight excluding hydrogens is 244 g/mol. The number of carboxylic acids is 1. The van der Waals surface area contributed by atoms with E-state index < -0.39 is 5.97 Å². The summed E-state index contributed by atoms with van der Waals surface area (Å²) in [5, 5.41) is 12.6. The minimum Gasteiger partial charge on any atom is -0.481 e. The first-order valence-corrected chi connectivity index (χ1v) is 7.00. The number of hydrogen-bond donors (Lipinski definition) is 1. The first-order valence-electron chi connectivity index (χ1n) is 7.00. The van der Waals surface area contributed by atoms with Gasteiger partial charge in [0.25, 0.3) is 0 Å². The summed E-state index contributed by atoms with van der Waals surface area (Å²) < 4.78 is 5.20. The third-order valence-electron chi connectivity index (χ3n) is 3.97. The van der Waals surface area contributed by atoms with Crippen molar-refractivity contribution in [2.24, 2.45) is 5.41 Å². The Bertz CT molecular complexity index is 430. The van der Waals surface area contributed by atoms with Gasteiger partial charge in [0.05, 0.1) is 0 Å². The molecule has 106 valence electrons. The van der Waals surface area contributed by atoms with E-state index in [2.05, 4.69) is 24.0 Å². The number of hydrogen-bond acceptors (Lipinski definition) is 4. The summed E-state index contributed by atoms with van der Waals surface area (Å²) >= 11 is 0. The molecule has 1 aromatic heterocycles. The summed E-state index contributed by atoms with van der Waals surface area (Å²) in [4.78, 5) is 14.8. The van der Waals surface area contributed by atoms with Crippen molar-refractivity contribution in [1.82, 2.24) is 10.1 Å². The number of carboxylic acid groups (broad SMARTS) is 1. The summed E-state index contributed by atoms with van der Waals surface area (Å²) in [6, 6.07) is 0. The molecule has 0 atom stereocenters. The van der Waals surface area contributed by atoms with Crippen LogP contribution < -0.4 is 0 Å². The smallest absolute Gasteiger partial charge is 0.303 e.